The largest absolute Gasteiger partial charge is 0.411 e. The van der Waals surface area contributed by atoms with Crippen molar-refractivity contribution < 1.29 is 9.21 Å². The first-order chi connectivity index (χ1) is 13.0. The van der Waals surface area contributed by atoms with Crippen LogP contribution in [-0.4, -0.2) is 27.4 Å². The summed E-state index contributed by atoms with van der Waals surface area (Å²) in [4.78, 5) is 12.6. The highest BCUT2D eigenvalue weighted by Gasteiger charge is 2.42. The molecule has 1 N–H and O–H groups in total. The molecule has 2 aliphatic carbocycles. The van der Waals surface area contributed by atoms with Crippen molar-refractivity contribution in [1.29, 1.82) is 0 Å². The van der Waals surface area contributed by atoms with Crippen molar-refractivity contribution in [2.75, 3.05) is 0 Å². The van der Waals surface area contributed by atoms with Gasteiger partial charge in [-0.2, -0.15) is 0 Å². The summed E-state index contributed by atoms with van der Waals surface area (Å²) in [5.74, 6) is 2.82. The average Bonchev–Trinajstić information content (AvgIpc) is 3.38. The molecule has 0 aliphatic heterocycles. The Morgan fingerprint density at radius 1 is 1.26 bits per heavy atom. The van der Waals surface area contributed by atoms with Crippen LogP contribution in [0.3, 0.4) is 0 Å². The van der Waals surface area contributed by atoms with Crippen LogP contribution < -0.4 is 5.32 Å². The highest BCUT2D eigenvalue weighted by Crippen LogP contribution is 2.49. The Balaban J connectivity index is 1.34. The van der Waals surface area contributed by atoms with Gasteiger partial charge in [-0.3, -0.25) is 4.79 Å². The Bertz CT molecular complexity index is 827. The summed E-state index contributed by atoms with van der Waals surface area (Å²) in [6.45, 7) is 4.04. The summed E-state index contributed by atoms with van der Waals surface area (Å²) < 4.78 is 6.65. The Labute approximate surface area is 172 Å². The van der Waals surface area contributed by atoms with E-state index in [0.717, 1.165) is 21.9 Å². The van der Waals surface area contributed by atoms with E-state index in [1.165, 1.54) is 37.4 Å². The molecule has 2 saturated carbocycles. The van der Waals surface area contributed by atoms with Gasteiger partial charge in [-0.25, -0.2) is 0 Å². The molecule has 0 radical (unpaired) electrons. The number of halogens is 1. The third kappa shape index (κ3) is 4.09. The van der Waals surface area contributed by atoms with E-state index in [9.17, 15) is 4.79 Å². The Kier molecular flexibility index (Phi) is 5.60. The summed E-state index contributed by atoms with van der Waals surface area (Å²) in [5, 5.41) is 11.6. The Morgan fingerprint density at radius 3 is 2.78 bits per heavy atom. The molecule has 1 heterocycles. The lowest BCUT2D eigenvalue weighted by Gasteiger charge is -2.29. The van der Waals surface area contributed by atoms with Crippen molar-refractivity contribution >= 4 is 33.6 Å². The van der Waals surface area contributed by atoms with Crippen molar-refractivity contribution in [3.8, 4) is 11.5 Å². The minimum absolute atomic E-state index is 0.0379. The predicted octanol–water partition coefficient (Wildman–Crippen LogP) is 4.92. The van der Waals surface area contributed by atoms with E-state index in [1.54, 1.807) is 0 Å². The fourth-order valence-corrected chi connectivity index (χ4v) is 5.71. The van der Waals surface area contributed by atoms with E-state index >= 15 is 0 Å². The first-order valence-electron chi connectivity index (χ1n) is 9.56. The number of carbonyl (C=O) groups is 1. The van der Waals surface area contributed by atoms with Crippen molar-refractivity contribution in [2.24, 2.45) is 17.8 Å². The molecule has 0 saturated heterocycles. The van der Waals surface area contributed by atoms with Crippen LogP contribution in [0.25, 0.3) is 11.5 Å². The predicted molar refractivity (Wildman–Crippen MR) is 109 cm³/mol. The molecule has 4 rings (SSSR count). The van der Waals surface area contributed by atoms with Crippen molar-refractivity contribution in [1.82, 2.24) is 15.5 Å². The van der Waals surface area contributed by atoms with E-state index < -0.39 is 0 Å². The molecule has 2 bridgehead atoms. The smallest absolute Gasteiger partial charge is 0.277 e. The minimum atomic E-state index is -0.279. The van der Waals surface area contributed by atoms with Gasteiger partial charge in [-0.15, -0.1) is 10.2 Å². The van der Waals surface area contributed by atoms with E-state index in [1.807, 2.05) is 31.2 Å². The van der Waals surface area contributed by atoms with Crippen LogP contribution in [0.5, 0.6) is 0 Å². The number of nitrogens with zero attached hydrogens (tertiary/aromatic N) is 2. The first kappa shape index (κ1) is 19.0. The SMILES string of the molecule is C[C@H](Sc1nnc(-c2ccccc2Br)o1)C(=O)N[C@H](C)[C@H]1C[C@H]2CC[C@H]1C2. The lowest BCUT2D eigenvalue weighted by molar-refractivity contribution is -0.121. The quantitative estimate of drug-likeness (QED) is 0.633. The third-order valence-corrected chi connectivity index (χ3v) is 7.59. The lowest BCUT2D eigenvalue weighted by Crippen LogP contribution is -2.43. The molecule has 0 unspecified atom stereocenters. The number of nitrogens with one attached hydrogen (secondary N) is 1. The van der Waals surface area contributed by atoms with Crippen LogP contribution >= 0.6 is 27.7 Å². The molecule has 1 aromatic carbocycles. The molecule has 2 fully saturated rings. The number of benzene rings is 1. The van der Waals surface area contributed by atoms with E-state index in [4.69, 9.17) is 4.42 Å². The maximum absolute atomic E-state index is 12.6. The second kappa shape index (κ2) is 7.95. The number of thioether (sulfide) groups is 1. The van der Waals surface area contributed by atoms with Gasteiger partial charge in [0, 0.05) is 10.5 Å². The van der Waals surface area contributed by atoms with Crippen LogP contribution in [0.4, 0.5) is 0 Å². The number of hydrogen-bond acceptors (Lipinski definition) is 5. The molecule has 5 atom stereocenters. The van der Waals surface area contributed by atoms with Gasteiger partial charge in [-0.1, -0.05) is 30.3 Å². The second-order valence-electron chi connectivity index (χ2n) is 7.75. The van der Waals surface area contributed by atoms with Gasteiger partial charge >= 0.3 is 0 Å². The number of aromatic nitrogens is 2. The van der Waals surface area contributed by atoms with Gasteiger partial charge in [0.25, 0.3) is 5.22 Å². The Morgan fingerprint density at radius 2 is 2.07 bits per heavy atom. The normalized spacial score (nSPS) is 26.1. The zero-order valence-electron chi connectivity index (χ0n) is 15.5. The molecule has 5 nitrogen and oxygen atoms in total. The van der Waals surface area contributed by atoms with Crippen LogP contribution in [0.15, 0.2) is 38.4 Å². The maximum Gasteiger partial charge on any atom is 0.277 e. The molecule has 27 heavy (non-hydrogen) atoms. The van der Waals surface area contributed by atoms with Crippen LogP contribution in [-0.2, 0) is 4.79 Å². The van der Waals surface area contributed by atoms with Crippen molar-refractivity contribution in [2.45, 2.75) is 56.0 Å². The van der Waals surface area contributed by atoms with Crippen LogP contribution in [0.1, 0.15) is 39.5 Å². The summed E-state index contributed by atoms with van der Waals surface area (Å²) in [6, 6.07) is 7.93. The summed E-state index contributed by atoms with van der Waals surface area (Å²) in [5.41, 5.74) is 0.846. The monoisotopic (exact) mass is 449 g/mol. The third-order valence-electron chi connectivity index (χ3n) is 5.96. The molecular weight excluding hydrogens is 426 g/mol. The van der Waals surface area contributed by atoms with Crippen molar-refractivity contribution in [3.05, 3.63) is 28.7 Å². The van der Waals surface area contributed by atoms with Crippen molar-refractivity contribution in [3.63, 3.8) is 0 Å². The number of carbonyl (C=O) groups excluding carboxylic acids is 1. The zero-order chi connectivity index (χ0) is 19.0. The van der Waals surface area contributed by atoms with Crippen LogP contribution in [0.2, 0.25) is 0 Å². The molecule has 0 spiro atoms. The molecule has 1 aromatic heterocycles. The lowest BCUT2D eigenvalue weighted by atomic mass is 9.84. The van der Waals surface area contributed by atoms with Gasteiger partial charge in [0.2, 0.25) is 11.8 Å². The summed E-state index contributed by atoms with van der Waals surface area (Å²) >= 11 is 4.80. The second-order valence-corrected chi connectivity index (χ2v) is 9.90. The van der Waals surface area contributed by atoms with E-state index in [-0.39, 0.29) is 17.2 Å². The molecule has 2 aromatic rings. The summed E-state index contributed by atoms with van der Waals surface area (Å²) in [6.07, 6.45) is 5.34. The molecule has 7 heteroatoms. The van der Waals surface area contributed by atoms with E-state index in [0.29, 0.717) is 17.0 Å². The fourth-order valence-electron chi connectivity index (χ4n) is 4.56. The standard InChI is InChI=1S/C20H24BrN3O2S/c1-11(16-10-13-7-8-14(16)9-13)22-18(25)12(2)27-20-24-23-19(26-20)15-5-3-4-6-17(15)21/h3-6,11-14,16H,7-10H2,1-2H3,(H,22,25)/t11-,12+,13+,14+,16-/m1/s1. The van der Waals surface area contributed by atoms with Gasteiger partial charge < -0.3 is 9.73 Å². The van der Waals surface area contributed by atoms with Gasteiger partial charge in [0.15, 0.2) is 0 Å². The topological polar surface area (TPSA) is 68.0 Å². The molecule has 2 aliphatic rings. The fraction of sp³-hybridized carbons (Fsp3) is 0.550. The molecule has 1 amide bonds. The number of rotatable bonds is 6. The number of hydrogen-bond donors (Lipinski definition) is 1. The zero-order valence-corrected chi connectivity index (χ0v) is 17.9. The summed E-state index contributed by atoms with van der Waals surface area (Å²) in [7, 11) is 0. The number of fused-ring (bicyclic) bond motifs is 2. The Hall–Kier alpha value is -1.34. The maximum atomic E-state index is 12.6. The molecule has 144 valence electrons. The van der Waals surface area contributed by atoms with Gasteiger partial charge in [0.05, 0.1) is 10.8 Å². The average molecular weight is 450 g/mol. The van der Waals surface area contributed by atoms with Gasteiger partial charge in [0.1, 0.15) is 0 Å². The van der Waals surface area contributed by atoms with Crippen LogP contribution in [0, 0.1) is 17.8 Å². The van der Waals surface area contributed by atoms with Gasteiger partial charge in [-0.05, 0) is 78.9 Å². The first-order valence-corrected chi connectivity index (χ1v) is 11.2. The highest BCUT2D eigenvalue weighted by atomic mass is 79.9. The molecular formula is C20H24BrN3O2S. The highest BCUT2D eigenvalue weighted by molar-refractivity contribution is 9.10. The van der Waals surface area contributed by atoms with E-state index in [2.05, 4.69) is 38.4 Å². The minimum Gasteiger partial charge on any atom is -0.411 e. The number of amides is 1.